The van der Waals surface area contributed by atoms with Gasteiger partial charge in [-0.1, -0.05) is 0 Å². The van der Waals surface area contributed by atoms with Gasteiger partial charge in [-0.25, -0.2) is 4.99 Å². The van der Waals surface area contributed by atoms with Crippen LogP contribution in [-0.4, -0.2) is 22.8 Å². The van der Waals surface area contributed by atoms with Gasteiger partial charge in [0.25, 0.3) is 0 Å². The summed E-state index contributed by atoms with van der Waals surface area (Å²) in [5, 5.41) is 9.27. The van der Waals surface area contributed by atoms with Gasteiger partial charge in [-0.3, -0.25) is 4.79 Å². The maximum Gasteiger partial charge on any atom is 0.223 e. The van der Waals surface area contributed by atoms with Gasteiger partial charge in [0.15, 0.2) is 11.7 Å². The highest BCUT2D eigenvalue weighted by Crippen LogP contribution is 2.24. The number of Topliss-reactive ketones (excluding diaryl/α,β-unsaturated/α-hetero) is 1. The van der Waals surface area contributed by atoms with Crippen molar-refractivity contribution in [3.63, 3.8) is 0 Å². The Balaban J connectivity index is 3.23. The Morgan fingerprint density at radius 1 is 1.29 bits per heavy atom. The number of hydrogen-bond acceptors (Lipinski definition) is 3. The first kappa shape index (κ1) is 12.5. The number of benzene rings is 1. The molecule has 0 saturated heterocycles. The van der Waals surface area contributed by atoms with Crippen LogP contribution in [0.3, 0.4) is 0 Å². The maximum atomic E-state index is 11.3. The molecule has 0 aliphatic rings. The van der Waals surface area contributed by atoms with Gasteiger partial charge in [0.05, 0.1) is 5.69 Å². The number of aromatic hydroxyl groups is 1. The van der Waals surface area contributed by atoms with Crippen molar-refractivity contribution in [3.8, 4) is 5.75 Å². The van der Waals surface area contributed by atoms with E-state index in [0.29, 0.717) is 0 Å². The van der Waals surface area contributed by atoms with Crippen LogP contribution in [0.1, 0.15) is 17.3 Å². The lowest BCUT2D eigenvalue weighted by Crippen LogP contribution is -2.26. The lowest BCUT2D eigenvalue weighted by atomic mass is 10.1. The molecule has 0 bridgehead atoms. The summed E-state index contributed by atoms with van der Waals surface area (Å²) in [5.74, 6) is -0.681. The van der Waals surface area contributed by atoms with Crippen molar-refractivity contribution in [1.82, 2.24) is 0 Å². The second-order valence-electron chi connectivity index (χ2n) is 3.26. The van der Waals surface area contributed by atoms with Crippen LogP contribution in [0.5, 0.6) is 5.75 Å². The molecule has 0 unspecified atom stereocenters. The molecule has 0 aliphatic carbocycles. The largest absolute Gasteiger partial charge is 0.508 e. The minimum absolute atomic E-state index is 0.0328. The molecule has 7 heteroatoms. The van der Waals surface area contributed by atoms with Crippen LogP contribution in [0.25, 0.3) is 0 Å². The third-order valence-corrected chi connectivity index (χ3v) is 1.84. The van der Waals surface area contributed by atoms with Gasteiger partial charge < -0.3 is 22.3 Å². The fraction of sp³-hybridized carbons (Fsp3) is 0.100. The third-order valence-electron chi connectivity index (χ3n) is 1.84. The normalized spacial score (nSPS) is 11.0. The van der Waals surface area contributed by atoms with E-state index in [1.54, 1.807) is 0 Å². The zero-order valence-corrected chi connectivity index (χ0v) is 9.21. The van der Waals surface area contributed by atoms with Gasteiger partial charge in [0.1, 0.15) is 5.75 Å². The number of carbonyl (C=O) groups excluding carboxylic acids is 1. The Morgan fingerprint density at radius 2 is 1.94 bits per heavy atom. The number of nitrogens with two attached hydrogens (primary N) is 3. The molecule has 7 N–H and O–H groups in total. The third kappa shape index (κ3) is 3.49. The molecule has 0 saturated carbocycles. The number of aliphatic imine (C=N–C) groups is 2. The molecule has 0 radical (unpaired) electrons. The van der Waals surface area contributed by atoms with Gasteiger partial charge in [0.2, 0.25) is 5.96 Å². The van der Waals surface area contributed by atoms with Crippen molar-refractivity contribution in [2.45, 2.75) is 6.92 Å². The predicted molar refractivity (Wildman–Crippen MR) is 65.2 cm³/mol. The van der Waals surface area contributed by atoms with E-state index in [2.05, 4.69) is 9.98 Å². The lowest BCUT2D eigenvalue weighted by Gasteiger charge is -2.03. The molecule has 1 aromatic carbocycles. The zero-order chi connectivity index (χ0) is 13.0. The van der Waals surface area contributed by atoms with Crippen molar-refractivity contribution in [2.75, 3.05) is 0 Å². The van der Waals surface area contributed by atoms with Gasteiger partial charge >= 0.3 is 0 Å². The second-order valence-corrected chi connectivity index (χ2v) is 3.26. The van der Waals surface area contributed by atoms with Gasteiger partial charge in [-0.2, -0.15) is 4.99 Å². The van der Waals surface area contributed by atoms with E-state index in [1.807, 2.05) is 0 Å². The van der Waals surface area contributed by atoms with E-state index >= 15 is 0 Å². The Bertz CT molecular complexity index is 503. The Hall–Kier alpha value is -2.57. The number of guanidine groups is 2. The highest BCUT2D eigenvalue weighted by molar-refractivity contribution is 6.01. The van der Waals surface area contributed by atoms with E-state index in [1.165, 1.54) is 25.1 Å². The average molecular weight is 235 g/mol. The fourth-order valence-corrected chi connectivity index (χ4v) is 1.18. The lowest BCUT2D eigenvalue weighted by molar-refractivity contribution is 0.101. The number of phenols is 1. The number of hydrogen-bond donors (Lipinski definition) is 4. The highest BCUT2D eigenvalue weighted by Gasteiger charge is 2.08. The van der Waals surface area contributed by atoms with Crippen molar-refractivity contribution >= 4 is 23.4 Å². The minimum Gasteiger partial charge on any atom is -0.508 e. The summed E-state index contributed by atoms with van der Waals surface area (Å²) in [6.07, 6.45) is 0. The first-order valence-electron chi connectivity index (χ1n) is 4.68. The van der Waals surface area contributed by atoms with Gasteiger partial charge in [-0.15, -0.1) is 0 Å². The van der Waals surface area contributed by atoms with Crippen LogP contribution in [-0.2, 0) is 0 Å². The molecule has 0 aromatic heterocycles. The van der Waals surface area contributed by atoms with E-state index in [4.69, 9.17) is 17.2 Å². The first-order chi connectivity index (χ1) is 7.90. The molecule has 0 heterocycles. The first-order valence-corrected chi connectivity index (χ1v) is 4.68. The molecule has 0 atom stereocenters. The smallest absolute Gasteiger partial charge is 0.223 e. The van der Waals surface area contributed by atoms with Crippen LogP contribution < -0.4 is 17.2 Å². The topological polar surface area (TPSA) is 140 Å². The number of ketones is 1. The standard InChI is InChI=1S/C10H13N5O2/c1-5(16)7-4-6(17)2-3-8(7)14-10(13)15-9(11)12/h2-4,17H,1H3,(H6,11,12,13,14,15). The molecule has 0 aliphatic heterocycles. The van der Waals surface area contributed by atoms with E-state index in [-0.39, 0.29) is 34.7 Å². The zero-order valence-electron chi connectivity index (χ0n) is 9.21. The molecule has 1 rings (SSSR count). The van der Waals surface area contributed by atoms with Gasteiger partial charge in [0, 0.05) is 5.56 Å². The van der Waals surface area contributed by atoms with Crippen LogP contribution in [0, 0.1) is 0 Å². The molecule has 17 heavy (non-hydrogen) atoms. The van der Waals surface area contributed by atoms with Crippen LogP contribution in [0.15, 0.2) is 28.2 Å². The molecular weight excluding hydrogens is 222 g/mol. The van der Waals surface area contributed by atoms with Crippen LogP contribution in [0.4, 0.5) is 5.69 Å². The molecule has 90 valence electrons. The van der Waals surface area contributed by atoms with Crippen molar-refractivity contribution in [1.29, 1.82) is 0 Å². The van der Waals surface area contributed by atoms with Crippen LogP contribution >= 0.6 is 0 Å². The quantitative estimate of drug-likeness (QED) is 0.319. The average Bonchev–Trinajstić information content (AvgIpc) is 2.19. The van der Waals surface area contributed by atoms with E-state index in [9.17, 15) is 9.90 Å². The molecular formula is C10H13N5O2. The number of phenolic OH excluding ortho intramolecular Hbond substituents is 1. The Labute approximate surface area is 97.7 Å². The van der Waals surface area contributed by atoms with Crippen molar-refractivity contribution < 1.29 is 9.90 Å². The highest BCUT2D eigenvalue weighted by atomic mass is 16.3. The second kappa shape index (κ2) is 4.97. The number of rotatable bonds is 2. The predicted octanol–water partition coefficient (Wildman–Crippen LogP) is -0.186. The summed E-state index contributed by atoms with van der Waals surface area (Å²) in [5.41, 5.74) is 16.2. The molecule has 0 fully saturated rings. The van der Waals surface area contributed by atoms with E-state index in [0.717, 1.165) is 0 Å². The molecule has 0 spiro atoms. The van der Waals surface area contributed by atoms with Gasteiger partial charge in [-0.05, 0) is 25.1 Å². The number of carbonyl (C=O) groups is 1. The van der Waals surface area contributed by atoms with Crippen molar-refractivity contribution in [2.24, 2.45) is 27.2 Å². The number of nitrogens with zero attached hydrogens (tertiary/aromatic N) is 2. The maximum absolute atomic E-state index is 11.3. The molecule has 1 aromatic rings. The van der Waals surface area contributed by atoms with E-state index < -0.39 is 0 Å². The summed E-state index contributed by atoms with van der Waals surface area (Å²) in [4.78, 5) is 18.7. The monoisotopic (exact) mass is 235 g/mol. The summed E-state index contributed by atoms with van der Waals surface area (Å²) >= 11 is 0. The SMILES string of the molecule is CC(=O)c1cc(O)ccc1N=C(N)N=C(N)N. The Kier molecular flexibility index (Phi) is 3.66. The summed E-state index contributed by atoms with van der Waals surface area (Å²) in [7, 11) is 0. The molecule has 7 nitrogen and oxygen atoms in total. The fourth-order valence-electron chi connectivity index (χ4n) is 1.18. The summed E-state index contributed by atoms with van der Waals surface area (Å²) in [6.45, 7) is 1.35. The Morgan fingerprint density at radius 3 is 2.47 bits per heavy atom. The van der Waals surface area contributed by atoms with Crippen LogP contribution in [0.2, 0.25) is 0 Å². The molecule has 0 amide bonds. The summed E-state index contributed by atoms with van der Waals surface area (Å²) in [6, 6.07) is 4.12. The minimum atomic E-state index is -0.253. The summed E-state index contributed by atoms with van der Waals surface area (Å²) < 4.78 is 0. The van der Waals surface area contributed by atoms with Crippen molar-refractivity contribution in [3.05, 3.63) is 23.8 Å².